The lowest BCUT2D eigenvalue weighted by molar-refractivity contribution is 0.102. The highest BCUT2D eigenvalue weighted by Gasteiger charge is 2.16. The minimum atomic E-state index is -0.331. The van der Waals surface area contributed by atoms with E-state index in [0.717, 1.165) is 6.42 Å². The van der Waals surface area contributed by atoms with E-state index in [1.807, 2.05) is 30.5 Å². The maximum absolute atomic E-state index is 12.7. The fraction of sp³-hybridized carbons (Fsp3) is 0.100. The zero-order valence-electron chi connectivity index (χ0n) is 15.4. The number of anilines is 1. The summed E-state index contributed by atoms with van der Waals surface area (Å²) in [5.41, 5.74) is 3.07. The molecule has 0 radical (unpaired) electrons. The molecule has 4 heterocycles. The fourth-order valence-corrected chi connectivity index (χ4v) is 3.22. The summed E-state index contributed by atoms with van der Waals surface area (Å²) in [7, 11) is 0. The van der Waals surface area contributed by atoms with Crippen molar-refractivity contribution in [3.8, 4) is 28.9 Å². The third kappa shape index (κ3) is 4.17. The molecule has 1 N–H and O–H groups in total. The smallest absolute Gasteiger partial charge is 0.276 e. The van der Waals surface area contributed by atoms with E-state index >= 15 is 0 Å². The maximum atomic E-state index is 12.7. The summed E-state index contributed by atoms with van der Waals surface area (Å²) in [5.74, 6) is 5.68. The van der Waals surface area contributed by atoms with Crippen molar-refractivity contribution in [2.24, 2.45) is 0 Å². The molecule has 0 aliphatic carbocycles. The minimum Gasteiger partial charge on any atom is -0.296 e. The second-order valence-electron chi connectivity index (χ2n) is 5.80. The summed E-state index contributed by atoms with van der Waals surface area (Å²) < 4.78 is 1.61. The van der Waals surface area contributed by atoms with Gasteiger partial charge in [-0.25, -0.2) is 24.9 Å². The first-order valence-corrected chi connectivity index (χ1v) is 9.63. The van der Waals surface area contributed by atoms with Crippen LogP contribution in [-0.2, 0) is 0 Å². The Balaban J connectivity index is 1.53. The molecular weight excluding hydrogens is 386 g/mol. The van der Waals surface area contributed by atoms with Gasteiger partial charge in [-0.2, -0.15) is 0 Å². The second kappa shape index (κ2) is 8.41. The number of carbonyl (C=O) groups excluding carboxylic acids is 1. The van der Waals surface area contributed by atoms with E-state index in [9.17, 15) is 4.79 Å². The molecule has 0 aliphatic rings. The van der Waals surface area contributed by atoms with Crippen LogP contribution in [0, 0.1) is 11.8 Å². The Morgan fingerprint density at radius 1 is 1.14 bits per heavy atom. The zero-order chi connectivity index (χ0) is 20.1. The number of hydrogen-bond donors (Lipinski definition) is 1. The number of hydrogen-bond acceptors (Lipinski definition) is 7. The molecule has 142 valence electrons. The van der Waals surface area contributed by atoms with Gasteiger partial charge in [-0.15, -0.1) is 11.3 Å². The molecule has 1 amide bonds. The van der Waals surface area contributed by atoms with Crippen molar-refractivity contribution in [3.63, 3.8) is 0 Å². The molecule has 0 aliphatic heterocycles. The van der Waals surface area contributed by atoms with Gasteiger partial charge in [0, 0.05) is 11.8 Å². The highest BCUT2D eigenvalue weighted by atomic mass is 32.1. The van der Waals surface area contributed by atoms with E-state index in [-0.39, 0.29) is 5.91 Å². The number of carbonyl (C=O) groups is 1. The Kier molecular flexibility index (Phi) is 5.36. The van der Waals surface area contributed by atoms with Gasteiger partial charge in [0.05, 0.1) is 36.3 Å². The molecule has 9 heteroatoms. The summed E-state index contributed by atoms with van der Waals surface area (Å²) >= 11 is 1.32. The molecule has 8 nitrogen and oxygen atoms in total. The predicted molar refractivity (Wildman–Crippen MR) is 110 cm³/mol. The number of nitrogens with zero attached hydrogens (tertiary/aromatic N) is 6. The average Bonchev–Trinajstić information content (AvgIpc) is 3.43. The van der Waals surface area contributed by atoms with Crippen molar-refractivity contribution in [1.29, 1.82) is 0 Å². The Hall–Kier alpha value is -3.90. The van der Waals surface area contributed by atoms with E-state index in [2.05, 4.69) is 42.1 Å². The van der Waals surface area contributed by atoms with E-state index in [0.29, 0.717) is 33.6 Å². The summed E-state index contributed by atoms with van der Waals surface area (Å²) in [4.78, 5) is 33.7. The van der Waals surface area contributed by atoms with Crippen molar-refractivity contribution < 1.29 is 4.79 Å². The normalized spacial score (nSPS) is 10.2. The highest BCUT2D eigenvalue weighted by molar-refractivity contribution is 7.14. The summed E-state index contributed by atoms with van der Waals surface area (Å²) in [6, 6.07) is 5.61. The lowest BCUT2D eigenvalue weighted by Crippen LogP contribution is -2.16. The number of imidazole rings is 1. The molecule has 0 aromatic carbocycles. The summed E-state index contributed by atoms with van der Waals surface area (Å²) in [5, 5.41) is 5.12. The van der Waals surface area contributed by atoms with Gasteiger partial charge in [0.15, 0.2) is 5.13 Å². The van der Waals surface area contributed by atoms with Crippen LogP contribution >= 0.6 is 11.3 Å². The second-order valence-corrected chi connectivity index (χ2v) is 6.66. The third-order valence-electron chi connectivity index (χ3n) is 3.83. The molecule has 0 atom stereocenters. The fourth-order valence-electron chi connectivity index (χ4n) is 2.52. The number of thiazole rings is 1. The Morgan fingerprint density at radius 3 is 2.83 bits per heavy atom. The molecule has 4 rings (SSSR count). The average molecular weight is 401 g/mol. The molecule has 0 saturated carbocycles. The van der Waals surface area contributed by atoms with Crippen molar-refractivity contribution in [2.75, 3.05) is 5.32 Å². The van der Waals surface area contributed by atoms with Crippen LogP contribution < -0.4 is 5.32 Å². The molecule has 4 aromatic rings. The quantitative estimate of drug-likeness (QED) is 0.527. The van der Waals surface area contributed by atoms with Crippen LogP contribution in [0.1, 0.15) is 29.5 Å². The third-order valence-corrected chi connectivity index (χ3v) is 4.58. The summed E-state index contributed by atoms with van der Waals surface area (Å²) in [6.07, 6.45) is 8.42. The van der Waals surface area contributed by atoms with Crippen LogP contribution in [0.4, 0.5) is 5.13 Å². The highest BCUT2D eigenvalue weighted by Crippen LogP contribution is 2.24. The number of aromatic nitrogens is 6. The van der Waals surface area contributed by atoms with Crippen molar-refractivity contribution in [2.45, 2.75) is 13.3 Å². The molecule has 29 heavy (non-hydrogen) atoms. The van der Waals surface area contributed by atoms with Gasteiger partial charge in [-0.1, -0.05) is 18.9 Å². The van der Waals surface area contributed by atoms with Crippen LogP contribution in [0.15, 0.2) is 54.8 Å². The van der Waals surface area contributed by atoms with Gasteiger partial charge >= 0.3 is 0 Å². The van der Waals surface area contributed by atoms with Crippen LogP contribution in [-0.4, -0.2) is 35.4 Å². The van der Waals surface area contributed by atoms with Gasteiger partial charge in [-0.3, -0.25) is 14.7 Å². The lowest BCUT2D eigenvalue weighted by Gasteiger charge is -2.06. The van der Waals surface area contributed by atoms with Crippen molar-refractivity contribution in [3.05, 3.63) is 66.2 Å². The van der Waals surface area contributed by atoms with Crippen LogP contribution in [0.3, 0.4) is 0 Å². The number of amides is 1. The van der Waals surface area contributed by atoms with Gasteiger partial charge < -0.3 is 0 Å². The van der Waals surface area contributed by atoms with Crippen LogP contribution in [0.25, 0.3) is 17.1 Å². The lowest BCUT2D eigenvalue weighted by atomic mass is 10.2. The Labute approximate surface area is 170 Å². The number of nitrogens with one attached hydrogen (secondary N) is 1. The van der Waals surface area contributed by atoms with Crippen LogP contribution in [0.2, 0.25) is 0 Å². The maximum Gasteiger partial charge on any atom is 0.276 e. The van der Waals surface area contributed by atoms with Gasteiger partial charge in [0.2, 0.25) is 0 Å². The van der Waals surface area contributed by atoms with E-state index in [1.54, 1.807) is 17.0 Å². The molecular formula is C20H15N7OS. The van der Waals surface area contributed by atoms with E-state index < -0.39 is 0 Å². The van der Waals surface area contributed by atoms with E-state index in [1.165, 1.54) is 30.2 Å². The first-order valence-electron chi connectivity index (χ1n) is 8.75. The summed E-state index contributed by atoms with van der Waals surface area (Å²) in [6.45, 7) is 1.99. The minimum absolute atomic E-state index is 0.331. The number of rotatable bonds is 4. The van der Waals surface area contributed by atoms with Crippen LogP contribution in [0.5, 0.6) is 0 Å². The molecule has 0 spiro atoms. The largest absolute Gasteiger partial charge is 0.296 e. The monoisotopic (exact) mass is 401 g/mol. The molecule has 0 unspecified atom stereocenters. The SMILES string of the molecule is CCC#Cc1cccc(-c2csc(NC(=O)c3cncn3-c3cncnc3)n2)n1. The number of pyridine rings is 1. The first-order chi connectivity index (χ1) is 14.2. The predicted octanol–water partition coefficient (Wildman–Crippen LogP) is 3.19. The Bertz CT molecular complexity index is 1200. The first kappa shape index (κ1) is 18.5. The van der Waals surface area contributed by atoms with Gasteiger partial charge in [0.25, 0.3) is 5.91 Å². The van der Waals surface area contributed by atoms with Gasteiger partial charge in [-0.05, 0) is 18.1 Å². The van der Waals surface area contributed by atoms with E-state index in [4.69, 9.17) is 0 Å². The molecule has 0 bridgehead atoms. The molecule has 0 fully saturated rings. The van der Waals surface area contributed by atoms with Crippen molar-refractivity contribution in [1.82, 2.24) is 29.5 Å². The Morgan fingerprint density at radius 2 is 2.00 bits per heavy atom. The van der Waals surface area contributed by atoms with Gasteiger partial charge in [0.1, 0.15) is 23.4 Å². The van der Waals surface area contributed by atoms with Crippen molar-refractivity contribution >= 4 is 22.4 Å². The zero-order valence-corrected chi connectivity index (χ0v) is 16.2. The molecule has 4 aromatic heterocycles. The molecule has 0 saturated heterocycles. The topological polar surface area (TPSA) is 98.5 Å². The standard InChI is InChI=1S/C20H15N7OS/c1-2-3-5-14-6-4-7-16(24-14)17-11-29-20(25-17)26-19(28)18-10-23-13-27(18)15-8-21-12-22-9-15/h4,6-13H,2H2,1H3,(H,25,26,28).